The van der Waals surface area contributed by atoms with Gasteiger partial charge in [0, 0.05) is 23.3 Å². The molecule has 2 rings (SSSR count). The first-order valence-corrected chi connectivity index (χ1v) is 6.95. The van der Waals surface area contributed by atoms with Crippen molar-refractivity contribution < 1.29 is 22.9 Å². The largest absolute Gasteiger partial charge is 0.435 e. The molecule has 0 radical (unpaired) electrons. The van der Waals surface area contributed by atoms with Crippen LogP contribution in [0.4, 0.5) is 18.9 Å². The van der Waals surface area contributed by atoms with Crippen molar-refractivity contribution in [3.8, 4) is 0 Å². The van der Waals surface area contributed by atoms with E-state index in [2.05, 4.69) is 5.10 Å². The smallest absolute Gasteiger partial charge is 0.267 e. The predicted molar refractivity (Wildman–Crippen MR) is 84.3 cm³/mol. The molecule has 0 aliphatic carbocycles. The van der Waals surface area contributed by atoms with Crippen molar-refractivity contribution in [3.63, 3.8) is 0 Å². The van der Waals surface area contributed by atoms with E-state index in [0.29, 0.717) is 0 Å². The first-order valence-electron chi connectivity index (χ1n) is 6.95. The van der Waals surface area contributed by atoms with E-state index < -0.39 is 22.7 Å². The molecule has 0 spiro atoms. The van der Waals surface area contributed by atoms with Crippen molar-refractivity contribution in [2.24, 2.45) is 5.10 Å². The first-order chi connectivity index (χ1) is 11.7. The van der Waals surface area contributed by atoms with E-state index in [9.17, 15) is 28.1 Å². The lowest BCUT2D eigenvalue weighted by atomic mass is 10.1. The second kappa shape index (κ2) is 7.12. The van der Waals surface area contributed by atoms with Gasteiger partial charge in [0.15, 0.2) is 5.71 Å². The third-order valence-electron chi connectivity index (χ3n) is 3.18. The molecule has 0 unspecified atom stereocenters. The average molecular weight is 351 g/mol. The monoisotopic (exact) mass is 351 g/mol. The number of hydrogen-bond donors (Lipinski definition) is 1. The number of aryl methyl sites for hydroxylation is 1. The molecule has 1 N–H and O–H groups in total. The fourth-order valence-corrected chi connectivity index (χ4v) is 1.93. The number of carbonyl (C=O) groups is 1. The normalized spacial score (nSPS) is 11.9. The number of hydrazone groups is 1. The quantitative estimate of drug-likeness (QED) is 0.519. The van der Waals surface area contributed by atoms with Gasteiger partial charge >= 0.3 is 6.18 Å². The fraction of sp³-hybridized carbons (Fsp3) is 0.125. The number of rotatable bonds is 4. The van der Waals surface area contributed by atoms with Crippen LogP contribution < -0.4 is 5.43 Å². The lowest BCUT2D eigenvalue weighted by Crippen LogP contribution is -2.29. The molecule has 2 aromatic rings. The summed E-state index contributed by atoms with van der Waals surface area (Å²) in [6.45, 7) is 1.72. The van der Waals surface area contributed by atoms with Crippen LogP contribution in [0, 0.1) is 17.0 Å². The standard InChI is InChI=1S/C16H12F3N3O3/c1-10-5-7-11(8-6-10)14(16(17,18)19)20-21-15(23)12-3-2-4-13(9-12)22(24)25/h2-9H,1H3,(H,21,23). The highest BCUT2D eigenvalue weighted by Gasteiger charge is 2.37. The number of benzene rings is 2. The number of nitro groups is 1. The molecule has 0 saturated heterocycles. The maximum absolute atomic E-state index is 13.2. The number of halogens is 3. The third-order valence-corrected chi connectivity index (χ3v) is 3.18. The van der Waals surface area contributed by atoms with Crippen molar-refractivity contribution in [2.75, 3.05) is 0 Å². The van der Waals surface area contributed by atoms with Crippen LogP contribution in [0.3, 0.4) is 0 Å². The van der Waals surface area contributed by atoms with Crippen LogP contribution >= 0.6 is 0 Å². The number of alkyl halides is 3. The number of nitrogens with one attached hydrogen (secondary N) is 1. The Morgan fingerprint density at radius 2 is 1.76 bits per heavy atom. The van der Waals surface area contributed by atoms with E-state index >= 15 is 0 Å². The highest BCUT2D eigenvalue weighted by molar-refractivity contribution is 6.05. The van der Waals surface area contributed by atoms with Gasteiger partial charge in [-0.3, -0.25) is 14.9 Å². The maximum atomic E-state index is 13.2. The van der Waals surface area contributed by atoms with E-state index in [-0.39, 0.29) is 16.8 Å². The Bertz CT molecular complexity index is 831. The van der Waals surface area contributed by atoms with Gasteiger partial charge in [-0.1, -0.05) is 35.9 Å². The second-order valence-electron chi connectivity index (χ2n) is 5.07. The van der Waals surface area contributed by atoms with Gasteiger partial charge in [-0.05, 0) is 13.0 Å². The zero-order valence-corrected chi connectivity index (χ0v) is 12.9. The van der Waals surface area contributed by atoms with Crippen molar-refractivity contribution in [3.05, 3.63) is 75.3 Å². The SMILES string of the molecule is Cc1ccc(C(=NNC(=O)c2cccc([N+](=O)[O-])c2)C(F)(F)F)cc1. The summed E-state index contributed by atoms with van der Waals surface area (Å²) in [4.78, 5) is 21.9. The zero-order valence-electron chi connectivity index (χ0n) is 12.9. The summed E-state index contributed by atoms with van der Waals surface area (Å²) in [7, 11) is 0. The van der Waals surface area contributed by atoms with Gasteiger partial charge in [-0.15, -0.1) is 0 Å². The summed E-state index contributed by atoms with van der Waals surface area (Å²) in [5.41, 5.74) is 0.545. The minimum absolute atomic E-state index is 0.177. The molecule has 25 heavy (non-hydrogen) atoms. The number of hydrogen-bond acceptors (Lipinski definition) is 4. The van der Waals surface area contributed by atoms with E-state index in [1.165, 1.54) is 36.4 Å². The summed E-state index contributed by atoms with van der Waals surface area (Å²) in [6, 6.07) is 10.0. The van der Waals surface area contributed by atoms with Crippen molar-refractivity contribution in [2.45, 2.75) is 13.1 Å². The van der Waals surface area contributed by atoms with Gasteiger partial charge in [0.2, 0.25) is 0 Å². The Balaban J connectivity index is 2.29. The molecule has 130 valence electrons. The Morgan fingerprint density at radius 1 is 1.12 bits per heavy atom. The van der Waals surface area contributed by atoms with Crippen LogP contribution in [0.2, 0.25) is 0 Å². The lowest BCUT2D eigenvalue weighted by Gasteiger charge is -2.11. The maximum Gasteiger partial charge on any atom is 0.435 e. The number of amides is 1. The van der Waals surface area contributed by atoms with Gasteiger partial charge in [0.05, 0.1) is 4.92 Å². The Kier molecular flexibility index (Phi) is 5.16. The van der Waals surface area contributed by atoms with Crippen LogP contribution in [0.1, 0.15) is 21.5 Å². The first kappa shape index (κ1) is 18.1. The van der Waals surface area contributed by atoms with E-state index in [1.807, 2.05) is 0 Å². The van der Waals surface area contributed by atoms with Crippen LogP contribution in [0.25, 0.3) is 0 Å². The summed E-state index contributed by atoms with van der Waals surface area (Å²) < 4.78 is 39.5. The zero-order chi connectivity index (χ0) is 18.6. The molecule has 0 atom stereocenters. The topological polar surface area (TPSA) is 84.6 Å². The molecule has 0 fully saturated rings. The Labute approximate surface area is 140 Å². The molecule has 9 heteroatoms. The van der Waals surface area contributed by atoms with Gasteiger partial charge in [-0.25, -0.2) is 5.43 Å². The number of nitrogens with zero attached hydrogens (tertiary/aromatic N) is 2. The molecular formula is C16H12F3N3O3. The molecule has 0 aliphatic heterocycles. The summed E-state index contributed by atoms with van der Waals surface area (Å²) in [5, 5.41) is 13.9. The summed E-state index contributed by atoms with van der Waals surface area (Å²) in [6.07, 6.45) is -4.79. The minimum Gasteiger partial charge on any atom is -0.267 e. The van der Waals surface area contributed by atoms with Gasteiger partial charge in [0.1, 0.15) is 0 Å². The molecule has 1 amide bonds. The Hall–Kier alpha value is -3.23. The van der Waals surface area contributed by atoms with Crippen LogP contribution in [-0.2, 0) is 0 Å². The number of carbonyl (C=O) groups excluding carboxylic acids is 1. The van der Waals surface area contributed by atoms with Crippen molar-refractivity contribution in [1.82, 2.24) is 5.43 Å². The third kappa shape index (κ3) is 4.63. The number of non-ortho nitro benzene ring substituents is 1. The van der Waals surface area contributed by atoms with E-state index in [4.69, 9.17) is 0 Å². The highest BCUT2D eigenvalue weighted by Crippen LogP contribution is 2.23. The molecule has 0 aliphatic rings. The van der Waals surface area contributed by atoms with Crippen LogP contribution in [0.5, 0.6) is 0 Å². The van der Waals surface area contributed by atoms with E-state index in [1.54, 1.807) is 12.3 Å². The molecule has 0 bridgehead atoms. The summed E-state index contributed by atoms with van der Waals surface area (Å²) >= 11 is 0. The molecule has 0 aromatic heterocycles. The average Bonchev–Trinajstić information content (AvgIpc) is 2.55. The van der Waals surface area contributed by atoms with Crippen LogP contribution in [-0.4, -0.2) is 22.7 Å². The Morgan fingerprint density at radius 3 is 2.32 bits per heavy atom. The number of nitro benzene ring substituents is 1. The predicted octanol–water partition coefficient (Wildman–Crippen LogP) is 3.60. The van der Waals surface area contributed by atoms with Gasteiger partial charge in [0.25, 0.3) is 11.6 Å². The summed E-state index contributed by atoms with van der Waals surface area (Å²) in [5.74, 6) is -0.988. The van der Waals surface area contributed by atoms with E-state index in [0.717, 1.165) is 17.7 Å². The molecule has 0 saturated carbocycles. The van der Waals surface area contributed by atoms with Crippen molar-refractivity contribution in [1.29, 1.82) is 0 Å². The molecule has 2 aromatic carbocycles. The highest BCUT2D eigenvalue weighted by atomic mass is 19.4. The lowest BCUT2D eigenvalue weighted by molar-refractivity contribution is -0.384. The van der Waals surface area contributed by atoms with Crippen LogP contribution in [0.15, 0.2) is 53.6 Å². The van der Waals surface area contributed by atoms with Gasteiger partial charge in [-0.2, -0.15) is 18.3 Å². The molecular weight excluding hydrogens is 339 g/mol. The molecule has 0 heterocycles. The molecule has 6 nitrogen and oxygen atoms in total. The fourth-order valence-electron chi connectivity index (χ4n) is 1.93. The minimum atomic E-state index is -4.79. The second-order valence-corrected chi connectivity index (χ2v) is 5.07. The van der Waals surface area contributed by atoms with Gasteiger partial charge < -0.3 is 0 Å². The van der Waals surface area contributed by atoms with Crippen molar-refractivity contribution >= 4 is 17.3 Å².